The summed E-state index contributed by atoms with van der Waals surface area (Å²) >= 11 is 0. The summed E-state index contributed by atoms with van der Waals surface area (Å²) in [5.41, 5.74) is 0.665. The van der Waals surface area contributed by atoms with Crippen molar-refractivity contribution in [3.8, 4) is 0 Å². The monoisotopic (exact) mass is 301 g/mol. The Balaban J connectivity index is 0.00000161. The second-order valence-electron chi connectivity index (χ2n) is 5.27. The van der Waals surface area contributed by atoms with E-state index < -0.39 is 5.97 Å². The molecule has 0 saturated carbocycles. The minimum atomic E-state index is -0.845. The summed E-state index contributed by atoms with van der Waals surface area (Å²) in [6.45, 7) is 1.30. The summed E-state index contributed by atoms with van der Waals surface area (Å²) in [5.74, 6) is -0.845. The van der Waals surface area contributed by atoms with E-state index >= 15 is 0 Å². The number of urea groups is 1. The SMILES string of the molecule is O=C(O)CCc1cn(C[C@@H]2CC[C@@H]3CN2C(=O)[N-]3)nn1.[Na+]. The number of piperidine rings is 1. The molecule has 2 atom stereocenters. The molecule has 2 fully saturated rings. The maximum absolute atomic E-state index is 11.7. The summed E-state index contributed by atoms with van der Waals surface area (Å²) in [7, 11) is 0. The molecule has 0 aromatic carbocycles. The van der Waals surface area contributed by atoms with E-state index in [-0.39, 0.29) is 54.1 Å². The van der Waals surface area contributed by atoms with Crippen molar-refractivity contribution in [2.24, 2.45) is 0 Å². The van der Waals surface area contributed by atoms with Crippen LogP contribution in [0.4, 0.5) is 4.79 Å². The molecule has 0 spiro atoms. The van der Waals surface area contributed by atoms with E-state index in [4.69, 9.17) is 5.11 Å². The van der Waals surface area contributed by atoms with Gasteiger partial charge in [0.1, 0.15) is 0 Å². The summed E-state index contributed by atoms with van der Waals surface area (Å²) in [6.07, 6.45) is 4.04. The van der Waals surface area contributed by atoms with Crippen LogP contribution in [-0.4, -0.2) is 55.6 Å². The van der Waals surface area contributed by atoms with Crippen LogP contribution in [0.5, 0.6) is 0 Å². The number of carbonyl (C=O) groups excluding carboxylic acids is 1. The van der Waals surface area contributed by atoms with Gasteiger partial charge in [-0.15, -0.1) is 5.10 Å². The molecule has 2 aliphatic rings. The van der Waals surface area contributed by atoms with Gasteiger partial charge >= 0.3 is 35.5 Å². The maximum Gasteiger partial charge on any atom is 1.00 e. The first-order chi connectivity index (χ1) is 9.61. The van der Waals surface area contributed by atoms with E-state index in [1.54, 1.807) is 15.8 Å². The van der Waals surface area contributed by atoms with Crippen LogP contribution in [0.2, 0.25) is 0 Å². The number of hydrogen-bond donors (Lipinski definition) is 1. The van der Waals surface area contributed by atoms with E-state index in [1.165, 1.54) is 0 Å². The molecular formula is C12H16N5NaO3. The van der Waals surface area contributed by atoms with Gasteiger partial charge in [0.15, 0.2) is 6.03 Å². The van der Waals surface area contributed by atoms with Gasteiger partial charge in [-0.25, -0.2) is 0 Å². The van der Waals surface area contributed by atoms with Crippen LogP contribution in [-0.2, 0) is 17.8 Å². The molecule has 3 rings (SSSR count). The van der Waals surface area contributed by atoms with Gasteiger partial charge in [0, 0.05) is 19.2 Å². The number of amides is 2. The van der Waals surface area contributed by atoms with Gasteiger partial charge in [-0.1, -0.05) is 11.6 Å². The molecule has 0 aliphatic carbocycles. The van der Waals surface area contributed by atoms with Gasteiger partial charge in [-0.2, -0.15) is 0 Å². The molecule has 2 amide bonds. The van der Waals surface area contributed by atoms with Gasteiger partial charge < -0.3 is 15.3 Å². The van der Waals surface area contributed by atoms with Gasteiger partial charge in [0.05, 0.1) is 12.1 Å². The summed E-state index contributed by atoms with van der Waals surface area (Å²) < 4.78 is 1.69. The third kappa shape index (κ3) is 3.75. The molecule has 9 heteroatoms. The second kappa shape index (κ2) is 6.76. The summed E-state index contributed by atoms with van der Waals surface area (Å²) in [4.78, 5) is 24.0. The quantitative estimate of drug-likeness (QED) is 0.613. The molecule has 108 valence electrons. The largest absolute Gasteiger partial charge is 1.00 e. The fourth-order valence-corrected chi connectivity index (χ4v) is 2.76. The van der Waals surface area contributed by atoms with Crippen molar-refractivity contribution >= 4 is 12.0 Å². The van der Waals surface area contributed by atoms with Crippen LogP contribution >= 0.6 is 0 Å². The molecule has 8 nitrogen and oxygen atoms in total. The van der Waals surface area contributed by atoms with E-state index in [0.29, 0.717) is 25.2 Å². The van der Waals surface area contributed by atoms with E-state index in [1.807, 2.05) is 0 Å². The normalized spacial score (nSPS) is 23.6. The van der Waals surface area contributed by atoms with E-state index in [9.17, 15) is 9.59 Å². The Morgan fingerprint density at radius 1 is 1.48 bits per heavy atom. The first kappa shape index (κ1) is 16.3. The second-order valence-corrected chi connectivity index (χ2v) is 5.27. The average Bonchev–Trinajstić information content (AvgIpc) is 2.96. The number of hydrogen-bond acceptors (Lipinski definition) is 4. The molecule has 0 unspecified atom stereocenters. The van der Waals surface area contributed by atoms with Gasteiger partial charge in [0.25, 0.3) is 0 Å². The Hall–Kier alpha value is -1.12. The van der Waals surface area contributed by atoms with Crippen molar-refractivity contribution < 1.29 is 44.3 Å². The standard InChI is InChI=1S/C12H17N5O3.Na/c18-11(19)4-2-9-5-16(15-14-9)7-10-3-1-8-6-17(10)12(20)13-8;/h5,8,10H,1-4,6-7H2,(H2,13,18,19,20);/q;+1/p-1/t8-,10+;/m1./s1. The molecule has 21 heavy (non-hydrogen) atoms. The predicted octanol–water partition coefficient (Wildman–Crippen LogP) is -2.36. The third-order valence-corrected chi connectivity index (χ3v) is 3.80. The predicted molar refractivity (Wildman–Crippen MR) is 68.2 cm³/mol. The molecule has 1 aromatic rings. The summed E-state index contributed by atoms with van der Waals surface area (Å²) in [6, 6.07) is 0.156. The fraction of sp³-hybridized carbons (Fsp3) is 0.667. The number of carbonyl (C=O) groups is 2. The molecule has 3 heterocycles. The van der Waals surface area contributed by atoms with Crippen molar-refractivity contribution in [2.75, 3.05) is 6.54 Å². The number of aromatic nitrogens is 3. The number of nitrogens with zero attached hydrogens (tertiary/aromatic N) is 5. The molecule has 2 saturated heterocycles. The topological polar surface area (TPSA) is 102 Å². The van der Waals surface area contributed by atoms with Crippen molar-refractivity contribution in [1.82, 2.24) is 19.9 Å². The maximum atomic E-state index is 11.7. The Kier molecular flexibility index (Phi) is 5.23. The van der Waals surface area contributed by atoms with Crippen LogP contribution in [0, 0.1) is 0 Å². The molecule has 0 radical (unpaired) electrons. The van der Waals surface area contributed by atoms with Crippen molar-refractivity contribution in [3.63, 3.8) is 0 Å². The zero-order valence-electron chi connectivity index (χ0n) is 12.0. The number of carboxylic acids is 1. The number of fused-ring (bicyclic) bond motifs is 2. The fourth-order valence-electron chi connectivity index (χ4n) is 2.76. The van der Waals surface area contributed by atoms with E-state index in [2.05, 4.69) is 15.6 Å². The number of aryl methyl sites for hydroxylation is 1. The van der Waals surface area contributed by atoms with Gasteiger partial charge in [-0.05, 0) is 25.0 Å². The van der Waals surface area contributed by atoms with Crippen LogP contribution in [0.1, 0.15) is 25.0 Å². The van der Waals surface area contributed by atoms with Crippen molar-refractivity contribution in [3.05, 3.63) is 17.2 Å². The number of rotatable bonds is 5. The van der Waals surface area contributed by atoms with Gasteiger partial charge in [-0.3, -0.25) is 14.3 Å². The first-order valence-corrected chi connectivity index (χ1v) is 6.74. The molecule has 1 aromatic heterocycles. The van der Waals surface area contributed by atoms with Crippen LogP contribution < -0.4 is 29.6 Å². The Labute approximate surface area is 144 Å². The molecule has 2 aliphatic heterocycles. The smallest absolute Gasteiger partial charge is 0.481 e. The zero-order valence-corrected chi connectivity index (χ0v) is 14.0. The minimum Gasteiger partial charge on any atom is -0.481 e. The van der Waals surface area contributed by atoms with E-state index in [0.717, 1.165) is 12.8 Å². The third-order valence-electron chi connectivity index (χ3n) is 3.80. The zero-order chi connectivity index (χ0) is 14.1. The van der Waals surface area contributed by atoms with Crippen molar-refractivity contribution in [2.45, 2.75) is 44.3 Å². The van der Waals surface area contributed by atoms with Gasteiger partial charge in [0.2, 0.25) is 0 Å². The Morgan fingerprint density at radius 3 is 3.05 bits per heavy atom. The van der Waals surface area contributed by atoms with Crippen LogP contribution in [0.25, 0.3) is 5.32 Å². The molecular weight excluding hydrogens is 285 g/mol. The number of aliphatic carboxylic acids is 1. The Bertz CT molecular complexity index is 535. The minimum absolute atomic E-state index is 0. The first-order valence-electron chi connectivity index (χ1n) is 6.74. The van der Waals surface area contributed by atoms with Crippen LogP contribution in [0.3, 0.4) is 0 Å². The van der Waals surface area contributed by atoms with Crippen molar-refractivity contribution in [1.29, 1.82) is 0 Å². The number of carboxylic acid groups (broad SMARTS) is 1. The Morgan fingerprint density at radius 2 is 2.29 bits per heavy atom. The summed E-state index contributed by atoms with van der Waals surface area (Å²) in [5, 5.41) is 20.7. The molecule has 1 N–H and O–H groups in total. The average molecular weight is 301 g/mol. The molecule has 2 bridgehead atoms. The van der Waals surface area contributed by atoms with Crippen LogP contribution in [0.15, 0.2) is 6.20 Å².